The molecule has 0 aliphatic heterocycles. The number of amides is 1. The van der Waals surface area contributed by atoms with Crippen LogP contribution in [-0.4, -0.2) is 24.1 Å². The Hall–Kier alpha value is 0.464. The second-order valence-corrected chi connectivity index (χ2v) is 5.78. The van der Waals surface area contributed by atoms with Gasteiger partial charge in [0.25, 0.3) is 0 Å². The van der Waals surface area contributed by atoms with E-state index in [4.69, 9.17) is 4.18 Å². The van der Waals surface area contributed by atoms with E-state index in [-0.39, 0.29) is 6.09 Å². The first-order chi connectivity index (χ1) is 7.26. The molecule has 0 aromatic heterocycles. The monoisotopic (exact) mass is 294 g/mol. The number of rotatable bonds is 8. The Morgan fingerprint density at radius 1 is 1.27 bits per heavy atom. The molecule has 93 valence electrons. The second kappa shape index (κ2) is 11.0. The van der Waals surface area contributed by atoms with Gasteiger partial charge >= 0.3 is 107 Å². The third-order valence-electron chi connectivity index (χ3n) is 1.95. The van der Waals surface area contributed by atoms with Crippen LogP contribution in [0.1, 0.15) is 39.5 Å². The average molecular weight is 295 g/mol. The van der Waals surface area contributed by atoms with Crippen LogP contribution in [0.25, 0.3) is 0 Å². The maximum absolute atomic E-state index is 11.5. The van der Waals surface area contributed by atoms with E-state index in [0.717, 1.165) is 59.2 Å². The molecule has 0 unspecified atom stereocenters. The van der Waals surface area contributed by atoms with Gasteiger partial charge in [-0.25, -0.2) is 0 Å². The number of nitrogens with zero attached hydrogens (tertiary/aromatic N) is 1. The van der Waals surface area contributed by atoms with Crippen molar-refractivity contribution in [2.24, 2.45) is 0 Å². The molecule has 0 fully saturated rings. The van der Waals surface area contributed by atoms with Gasteiger partial charge in [-0.3, -0.25) is 0 Å². The number of hydrogen-bond donors (Lipinski definition) is 0. The predicted molar refractivity (Wildman–Crippen MR) is 63.1 cm³/mol. The fourth-order valence-electron chi connectivity index (χ4n) is 1.08. The first-order valence-electron chi connectivity index (χ1n) is 5.14. The zero-order valence-corrected chi connectivity index (χ0v) is 11.8. The van der Waals surface area contributed by atoms with Gasteiger partial charge in [0.15, 0.2) is 0 Å². The molecule has 0 aliphatic rings. The minimum absolute atomic E-state index is 0.258. The molecule has 0 atom stereocenters. The van der Waals surface area contributed by atoms with E-state index >= 15 is 0 Å². The van der Waals surface area contributed by atoms with Crippen molar-refractivity contribution < 1.29 is 23.3 Å². The van der Waals surface area contributed by atoms with Crippen LogP contribution in [0.2, 0.25) is 0 Å². The van der Waals surface area contributed by atoms with Crippen LogP contribution in [0.4, 0.5) is 4.79 Å². The van der Waals surface area contributed by atoms with Crippen molar-refractivity contribution in [1.29, 1.82) is 0 Å². The Bertz CT molecular complexity index is 164. The maximum atomic E-state index is 11.5. The van der Waals surface area contributed by atoms with Crippen LogP contribution in [-0.2, 0) is 18.6 Å². The molecule has 0 saturated carbocycles. The standard InChI is InChI=1S/C9H19NO2S2.Ni/c1-3-5-7-10(8-6-4-2)9(11)12-14-13;/h13H,3-8H2,1-2H3;/q;+1/p-1. The molecule has 15 heavy (non-hydrogen) atoms. The van der Waals surface area contributed by atoms with Gasteiger partial charge in [-0.05, 0) is 0 Å². The fourth-order valence-corrected chi connectivity index (χ4v) is 1.81. The third-order valence-corrected chi connectivity index (χ3v) is 3.14. The molecule has 6 heteroatoms. The van der Waals surface area contributed by atoms with Crippen LogP contribution in [0.15, 0.2) is 0 Å². The fraction of sp³-hybridized carbons (Fsp3) is 0.889. The minimum atomic E-state index is -0.258. The van der Waals surface area contributed by atoms with Gasteiger partial charge in [0.2, 0.25) is 0 Å². The summed E-state index contributed by atoms with van der Waals surface area (Å²) in [5, 5.41) is 0. The van der Waals surface area contributed by atoms with E-state index in [1.54, 1.807) is 4.90 Å². The molecule has 0 spiro atoms. The summed E-state index contributed by atoms with van der Waals surface area (Å²) in [5.41, 5.74) is 0. The van der Waals surface area contributed by atoms with Crippen molar-refractivity contribution in [1.82, 2.24) is 4.90 Å². The van der Waals surface area contributed by atoms with Crippen molar-refractivity contribution in [3.8, 4) is 0 Å². The Labute approximate surface area is 107 Å². The first-order valence-corrected chi connectivity index (χ1v) is 8.28. The van der Waals surface area contributed by atoms with Gasteiger partial charge in [-0.2, -0.15) is 0 Å². The summed E-state index contributed by atoms with van der Waals surface area (Å²) in [6.45, 7) is 5.78. The van der Waals surface area contributed by atoms with Crippen molar-refractivity contribution in [2.45, 2.75) is 39.5 Å². The second-order valence-electron chi connectivity index (χ2n) is 3.16. The van der Waals surface area contributed by atoms with E-state index in [9.17, 15) is 4.79 Å². The molecule has 3 nitrogen and oxygen atoms in total. The molecule has 0 bridgehead atoms. The number of hydrogen-bond acceptors (Lipinski definition) is 4. The molecule has 0 aliphatic carbocycles. The summed E-state index contributed by atoms with van der Waals surface area (Å²) < 4.78 is 4.92. The van der Waals surface area contributed by atoms with E-state index in [2.05, 4.69) is 28.2 Å². The summed E-state index contributed by atoms with van der Waals surface area (Å²) in [5.74, 6) is 0. The quantitative estimate of drug-likeness (QED) is 0.387. The summed E-state index contributed by atoms with van der Waals surface area (Å²) in [6.07, 6.45) is 3.95. The molecular formula is C9H18NNiO2S2. The molecule has 0 heterocycles. The molecule has 1 amide bonds. The SMILES string of the molecule is CCCCN(CCCC)C(=O)OS[S][Ni]. The summed E-state index contributed by atoms with van der Waals surface area (Å²) in [4.78, 5) is 13.3. The van der Waals surface area contributed by atoms with Crippen molar-refractivity contribution in [2.75, 3.05) is 13.1 Å². The molecule has 0 radical (unpaired) electrons. The van der Waals surface area contributed by atoms with Gasteiger partial charge in [0, 0.05) is 0 Å². The average Bonchev–Trinajstić information content (AvgIpc) is 2.26. The molecule has 0 aromatic carbocycles. The number of carbonyl (C=O) groups excluding carboxylic acids is 1. The van der Waals surface area contributed by atoms with Gasteiger partial charge in [0.05, 0.1) is 0 Å². The van der Waals surface area contributed by atoms with Crippen LogP contribution in [0, 0.1) is 0 Å². The Morgan fingerprint density at radius 3 is 2.20 bits per heavy atom. The van der Waals surface area contributed by atoms with Crippen molar-refractivity contribution >= 4 is 26.5 Å². The molecular weight excluding hydrogens is 277 g/mol. The molecule has 0 N–H and O–H groups in total. The van der Waals surface area contributed by atoms with Gasteiger partial charge in [0.1, 0.15) is 0 Å². The Balaban J connectivity index is 3.90. The van der Waals surface area contributed by atoms with Crippen LogP contribution in [0.3, 0.4) is 0 Å². The topological polar surface area (TPSA) is 29.5 Å². The van der Waals surface area contributed by atoms with Crippen molar-refractivity contribution in [3.63, 3.8) is 0 Å². The van der Waals surface area contributed by atoms with Crippen LogP contribution in [0.5, 0.6) is 0 Å². The number of carbonyl (C=O) groups is 1. The van der Waals surface area contributed by atoms with Crippen LogP contribution >= 0.6 is 20.4 Å². The van der Waals surface area contributed by atoms with Gasteiger partial charge < -0.3 is 0 Å². The Kier molecular flexibility index (Phi) is 11.3. The van der Waals surface area contributed by atoms with E-state index < -0.39 is 0 Å². The molecule has 0 rings (SSSR count). The Morgan fingerprint density at radius 2 is 1.80 bits per heavy atom. The van der Waals surface area contributed by atoms with E-state index in [0.29, 0.717) is 0 Å². The van der Waals surface area contributed by atoms with Crippen LogP contribution < -0.4 is 0 Å². The number of unbranched alkanes of at least 4 members (excludes halogenated alkanes) is 2. The van der Waals surface area contributed by atoms with E-state index in [1.807, 2.05) is 0 Å². The molecule has 0 aromatic rings. The summed E-state index contributed by atoms with van der Waals surface area (Å²) >= 11 is 5.31. The van der Waals surface area contributed by atoms with Gasteiger partial charge in [-0.15, -0.1) is 0 Å². The normalized spacial score (nSPS) is 10.1. The van der Waals surface area contributed by atoms with Gasteiger partial charge in [-0.1, -0.05) is 0 Å². The summed E-state index contributed by atoms with van der Waals surface area (Å²) in [7, 11) is 1.07. The van der Waals surface area contributed by atoms with Crippen molar-refractivity contribution in [3.05, 3.63) is 0 Å². The molecule has 0 saturated heterocycles. The summed E-state index contributed by atoms with van der Waals surface area (Å²) in [6, 6.07) is 0. The predicted octanol–water partition coefficient (Wildman–Crippen LogP) is 3.78. The zero-order chi connectivity index (χ0) is 11.5. The third kappa shape index (κ3) is 8.29. The van der Waals surface area contributed by atoms with E-state index in [1.165, 1.54) is 0 Å². The zero-order valence-electron chi connectivity index (χ0n) is 9.14. The first kappa shape index (κ1) is 15.5.